The van der Waals surface area contributed by atoms with Crippen molar-refractivity contribution in [2.75, 3.05) is 31.2 Å². The van der Waals surface area contributed by atoms with Crippen molar-refractivity contribution in [3.05, 3.63) is 26.7 Å². The van der Waals surface area contributed by atoms with Crippen molar-refractivity contribution in [2.24, 2.45) is 7.05 Å². The summed E-state index contributed by atoms with van der Waals surface area (Å²) < 4.78 is 10.8. The third-order valence-electron chi connectivity index (χ3n) is 5.48. The topological polar surface area (TPSA) is 116 Å². The van der Waals surface area contributed by atoms with Crippen molar-refractivity contribution in [1.82, 2.24) is 33.9 Å². The summed E-state index contributed by atoms with van der Waals surface area (Å²) in [6.45, 7) is 8.37. The van der Waals surface area contributed by atoms with Crippen LogP contribution in [-0.4, -0.2) is 60.2 Å². The summed E-state index contributed by atoms with van der Waals surface area (Å²) in [6.07, 6.45) is 1.78. The predicted molar refractivity (Wildman–Crippen MR) is 119 cm³/mol. The molecule has 11 nitrogen and oxygen atoms in total. The van der Waals surface area contributed by atoms with Gasteiger partial charge in [-0.3, -0.25) is 18.9 Å². The van der Waals surface area contributed by atoms with E-state index in [0.29, 0.717) is 42.5 Å². The van der Waals surface area contributed by atoms with Gasteiger partial charge in [0.25, 0.3) is 5.56 Å². The minimum absolute atomic E-state index is 0.412. The fourth-order valence-corrected chi connectivity index (χ4v) is 4.72. The largest absolute Gasteiger partial charge is 0.378 e. The van der Waals surface area contributed by atoms with Crippen LogP contribution in [0.3, 0.4) is 0 Å². The number of nitrogens with zero attached hydrogens (tertiary/aromatic N) is 7. The Morgan fingerprint density at radius 1 is 1.13 bits per heavy atom. The summed E-state index contributed by atoms with van der Waals surface area (Å²) in [6, 6.07) is 0. The molecule has 0 unspecified atom stereocenters. The van der Waals surface area contributed by atoms with E-state index in [4.69, 9.17) is 4.74 Å². The average Bonchev–Trinajstić information content (AvgIpc) is 3.33. The van der Waals surface area contributed by atoms with E-state index in [1.54, 1.807) is 16.2 Å². The van der Waals surface area contributed by atoms with Crippen LogP contribution in [0.5, 0.6) is 0 Å². The van der Waals surface area contributed by atoms with Gasteiger partial charge in [0.1, 0.15) is 5.82 Å². The number of thioether (sulfide) groups is 1. The van der Waals surface area contributed by atoms with Crippen molar-refractivity contribution in [1.29, 1.82) is 0 Å². The Bertz CT molecular complexity index is 1170. The van der Waals surface area contributed by atoms with Crippen LogP contribution in [0.15, 0.2) is 14.7 Å². The van der Waals surface area contributed by atoms with Gasteiger partial charge in [-0.05, 0) is 13.3 Å². The van der Waals surface area contributed by atoms with E-state index in [2.05, 4.69) is 43.5 Å². The molecule has 12 heteroatoms. The lowest BCUT2D eigenvalue weighted by Crippen LogP contribution is -2.38. The number of rotatable bonds is 8. The molecule has 4 heterocycles. The smallest absolute Gasteiger partial charge is 0.330 e. The number of aryl methyl sites for hydroxylation is 2. The molecular formula is C19H28N8O3S. The van der Waals surface area contributed by atoms with Crippen LogP contribution in [0.4, 0.5) is 5.95 Å². The molecule has 31 heavy (non-hydrogen) atoms. The van der Waals surface area contributed by atoms with Crippen LogP contribution < -0.4 is 16.1 Å². The first-order valence-electron chi connectivity index (χ1n) is 10.6. The van der Waals surface area contributed by atoms with Crippen LogP contribution in [0.1, 0.15) is 32.5 Å². The maximum absolute atomic E-state index is 12.4. The molecule has 3 aromatic heterocycles. The number of anilines is 1. The highest BCUT2D eigenvalue weighted by Crippen LogP contribution is 2.26. The monoisotopic (exact) mass is 448 g/mol. The molecule has 1 N–H and O–H groups in total. The van der Waals surface area contributed by atoms with Crippen LogP contribution in [0, 0.1) is 0 Å². The highest BCUT2D eigenvalue weighted by atomic mass is 32.2. The zero-order valence-electron chi connectivity index (χ0n) is 18.1. The Labute approximate surface area is 183 Å². The van der Waals surface area contributed by atoms with Gasteiger partial charge in [0.05, 0.1) is 19.0 Å². The van der Waals surface area contributed by atoms with Gasteiger partial charge < -0.3 is 14.2 Å². The Kier molecular flexibility index (Phi) is 6.46. The third kappa shape index (κ3) is 4.13. The first-order valence-corrected chi connectivity index (χ1v) is 11.6. The second kappa shape index (κ2) is 9.27. The van der Waals surface area contributed by atoms with Crippen LogP contribution in [-0.2, 0) is 30.6 Å². The first kappa shape index (κ1) is 21.6. The molecule has 1 aliphatic rings. The lowest BCUT2D eigenvalue weighted by atomic mass is 10.3. The van der Waals surface area contributed by atoms with Crippen molar-refractivity contribution in [2.45, 2.75) is 50.7 Å². The second-order valence-electron chi connectivity index (χ2n) is 7.44. The van der Waals surface area contributed by atoms with Gasteiger partial charge in [0.2, 0.25) is 5.95 Å². The van der Waals surface area contributed by atoms with Crippen molar-refractivity contribution in [3.8, 4) is 0 Å². The lowest BCUT2D eigenvalue weighted by molar-refractivity contribution is 0.121. The molecule has 1 aliphatic heterocycles. The van der Waals surface area contributed by atoms with E-state index < -0.39 is 11.2 Å². The first-order chi connectivity index (χ1) is 15.0. The average molecular weight is 449 g/mol. The molecule has 1 saturated heterocycles. The predicted octanol–water partition coefficient (Wildman–Crippen LogP) is 0.964. The number of ether oxygens (including phenoxy) is 1. The number of aromatic nitrogens is 7. The molecule has 0 saturated carbocycles. The zero-order chi connectivity index (χ0) is 22.0. The molecule has 168 valence electrons. The molecule has 3 aromatic rings. The van der Waals surface area contributed by atoms with Gasteiger partial charge in [-0.25, -0.2) is 9.78 Å². The number of morpholine rings is 1. The van der Waals surface area contributed by atoms with Crippen molar-refractivity contribution in [3.63, 3.8) is 0 Å². The standard InChI is InChI=1S/C19H28N8O3S/c1-4-6-7-27-15-14(16(28)21-18(27)29)24(3)13(20-15)12-31-19-23-22-17(26(19)5-2)25-8-10-30-11-9-25/h4-12H2,1-3H3,(H,21,28,29). The number of fused-ring (bicyclic) bond motifs is 1. The van der Waals surface area contributed by atoms with Gasteiger partial charge >= 0.3 is 5.69 Å². The Balaban J connectivity index is 1.62. The second-order valence-corrected chi connectivity index (χ2v) is 8.38. The number of H-pyrrole nitrogens is 1. The minimum Gasteiger partial charge on any atom is -0.378 e. The molecule has 0 radical (unpaired) electrons. The summed E-state index contributed by atoms with van der Waals surface area (Å²) in [5.41, 5.74) is 0.0259. The third-order valence-corrected chi connectivity index (χ3v) is 6.44. The van der Waals surface area contributed by atoms with E-state index in [9.17, 15) is 9.59 Å². The summed E-state index contributed by atoms with van der Waals surface area (Å²) in [4.78, 5) is 34.0. The van der Waals surface area contributed by atoms with Gasteiger partial charge in [0.15, 0.2) is 16.3 Å². The molecule has 0 amide bonds. The maximum Gasteiger partial charge on any atom is 0.330 e. The molecule has 0 aliphatic carbocycles. The molecule has 0 spiro atoms. The molecule has 1 fully saturated rings. The number of hydrogen-bond acceptors (Lipinski definition) is 8. The molecule has 0 bridgehead atoms. The number of hydrogen-bond donors (Lipinski definition) is 1. The molecule has 4 rings (SSSR count). The van der Waals surface area contributed by atoms with Crippen molar-refractivity contribution < 1.29 is 4.74 Å². The van der Waals surface area contributed by atoms with Crippen LogP contribution in [0.2, 0.25) is 0 Å². The number of unbranched alkanes of at least 4 members (excludes halogenated alkanes) is 1. The molecule has 0 aromatic carbocycles. The fraction of sp³-hybridized carbons (Fsp3) is 0.632. The number of nitrogens with one attached hydrogen (secondary N) is 1. The Hall–Kier alpha value is -2.60. The minimum atomic E-state index is -0.413. The SMILES string of the molecule is CCCCn1c(=O)[nH]c(=O)c2c1nc(CSc1nnc(N3CCOCC3)n1CC)n2C. The highest BCUT2D eigenvalue weighted by Gasteiger charge is 2.21. The Morgan fingerprint density at radius 2 is 1.90 bits per heavy atom. The lowest BCUT2D eigenvalue weighted by Gasteiger charge is -2.27. The summed E-state index contributed by atoms with van der Waals surface area (Å²) >= 11 is 1.52. The zero-order valence-corrected chi connectivity index (χ0v) is 18.9. The van der Waals surface area contributed by atoms with Gasteiger partial charge in [-0.2, -0.15) is 0 Å². The number of aromatic amines is 1. The van der Waals surface area contributed by atoms with E-state index >= 15 is 0 Å². The molecular weight excluding hydrogens is 420 g/mol. The summed E-state index contributed by atoms with van der Waals surface area (Å²) in [7, 11) is 1.80. The maximum atomic E-state index is 12.4. The van der Waals surface area contributed by atoms with Gasteiger partial charge in [-0.15, -0.1) is 10.2 Å². The number of imidazole rings is 1. The Morgan fingerprint density at radius 3 is 2.61 bits per heavy atom. The molecule has 0 atom stereocenters. The normalized spacial score (nSPS) is 14.6. The van der Waals surface area contributed by atoms with Crippen LogP contribution >= 0.6 is 11.8 Å². The quantitative estimate of drug-likeness (QED) is 0.507. The van der Waals surface area contributed by atoms with Gasteiger partial charge in [-0.1, -0.05) is 25.1 Å². The van der Waals surface area contributed by atoms with E-state index in [-0.39, 0.29) is 0 Å². The highest BCUT2D eigenvalue weighted by molar-refractivity contribution is 7.98. The van der Waals surface area contributed by atoms with E-state index in [0.717, 1.165) is 43.6 Å². The van der Waals surface area contributed by atoms with E-state index in [1.807, 2.05) is 0 Å². The van der Waals surface area contributed by atoms with Gasteiger partial charge in [0, 0.05) is 33.2 Å². The van der Waals surface area contributed by atoms with E-state index in [1.165, 1.54) is 11.8 Å². The summed E-state index contributed by atoms with van der Waals surface area (Å²) in [5.74, 6) is 2.07. The fourth-order valence-electron chi connectivity index (χ4n) is 3.73. The van der Waals surface area contributed by atoms with Crippen molar-refractivity contribution >= 4 is 28.9 Å². The van der Waals surface area contributed by atoms with Crippen LogP contribution in [0.25, 0.3) is 11.2 Å². The summed E-state index contributed by atoms with van der Waals surface area (Å²) in [5, 5.41) is 9.58.